The van der Waals surface area contributed by atoms with Gasteiger partial charge in [-0.3, -0.25) is 4.79 Å². The van der Waals surface area contributed by atoms with E-state index < -0.39 is 0 Å². The maximum atomic E-state index is 11.5. The number of ether oxygens (including phenoxy) is 2. The van der Waals surface area contributed by atoms with E-state index in [1.807, 2.05) is 24.3 Å². The van der Waals surface area contributed by atoms with Crippen molar-refractivity contribution in [3.63, 3.8) is 0 Å². The molecule has 2 rings (SSSR count). The summed E-state index contributed by atoms with van der Waals surface area (Å²) in [6.07, 6.45) is 2.82. The lowest BCUT2D eigenvalue weighted by molar-refractivity contribution is -0.139. The first-order valence-electron chi connectivity index (χ1n) is 7.60. The molecule has 0 spiro atoms. The van der Waals surface area contributed by atoms with E-state index in [9.17, 15) is 4.79 Å². The Hall–Kier alpha value is -1.55. The average Bonchev–Trinajstić information content (AvgIpc) is 2.49. The Morgan fingerprint density at radius 1 is 1.43 bits per heavy atom. The molecule has 0 amide bonds. The molecule has 1 aliphatic rings. The summed E-state index contributed by atoms with van der Waals surface area (Å²) in [4.78, 5) is 13.8. The van der Waals surface area contributed by atoms with E-state index in [-0.39, 0.29) is 18.5 Å². The van der Waals surface area contributed by atoms with Crippen LogP contribution in [0, 0.1) is 5.92 Å². The molecule has 2 unspecified atom stereocenters. The molecule has 0 N–H and O–H groups in total. The van der Waals surface area contributed by atoms with Gasteiger partial charge in [-0.2, -0.15) is 0 Å². The van der Waals surface area contributed by atoms with E-state index in [2.05, 4.69) is 18.9 Å². The second kappa shape index (κ2) is 7.46. The van der Waals surface area contributed by atoms with Gasteiger partial charge in [0.05, 0.1) is 19.6 Å². The molecule has 1 saturated heterocycles. The molecule has 0 aromatic heterocycles. The van der Waals surface area contributed by atoms with E-state index >= 15 is 0 Å². The molecular weight excluding hydrogens is 266 g/mol. The SMILES string of the molecule is COC(=O)Cc1ccccc1OC(C)C1CCCN(C)C1. The summed E-state index contributed by atoms with van der Waals surface area (Å²) in [5, 5.41) is 0. The summed E-state index contributed by atoms with van der Waals surface area (Å²) in [6, 6.07) is 7.72. The van der Waals surface area contributed by atoms with Gasteiger partial charge in [0.15, 0.2) is 0 Å². The van der Waals surface area contributed by atoms with Crippen molar-refractivity contribution in [3.05, 3.63) is 29.8 Å². The molecule has 1 aromatic rings. The van der Waals surface area contributed by atoms with Gasteiger partial charge in [0, 0.05) is 18.0 Å². The number of carbonyl (C=O) groups excluding carboxylic acids is 1. The zero-order valence-corrected chi connectivity index (χ0v) is 13.2. The molecule has 1 aromatic carbocycles. The maximum absolute atomic E-state index is 11.5. The number of rotatable bonds is 5. The van der Waals surface area contributed by atoms with Crippen LogP contribution < -0.4 is 4.74 Å². The summed E-state index contributed by atoms with van der Waals surface area (Å²) in [6.45, 7) is 4.36. The summed E-state index contributed by atoms with van der Waals surface area (Å²) in [7, 11) is 3.57. The minimum Gasteiger partial charge on any atom is -0.490 e. The van der Waals surface area contributed by atoms with E-state index in [0.717, 1.165) is 17.9 Å². The zero-order valence-electron chi connectivity index (χ0n) is 13.2. The first kappa shape index (κ1) is 15.8. The second-order valence-corrected chi connectivity index (χ2v) is 5.85. The highest BCUT2D eigenvalue weighted by molar-refractivity contribution is 5.73. The summed E-state index contributed by atoms with van der Waals surface area (Å²) in [5.41, 5.74) is 0.889. The van der Waals surface area contributed by atoms with Crippen molar-refractivity contribution >= 4 is 5.97 Å². The van der Waals surface area contributed by atoms with Crippen LogP contribution >= 0.6 is 0 Å². The van der Waals surface area contributed by atoms with Gasteiger partial charge >= 0.3 is 5.97 Å². The van der Waals surface area contributed by atoms with Crippen LogP contribution in [-0.2, 0) is 16.0 Å². The molecule has 0 saturated carbocycles. The van der Waals surface area contributed by atoms with Gasteiger partial charge in [-0.05, 0) is 39.4 Å². The van der Waals surface area contributed by atoms with E-state index in [4.69, 9.17) is 9.47 Å². The predicted molar refractivity (Wildman–Crippen MR) is 82.5 cm³/mol. The lowest BCUT2D eigenvalue weighted by atomic mass is 9.93. The van der Waals surface area contributed by atoms with E-state index in [1.54, 1.807) is 0 Å². The molecule has 0 bridgehead atoms. The zero-order chi connectivity index (χ0) is 15.2. The number of hydrogen-bond acceptors (Lipinski definition) is 4. The van der Waals surface area contributed by atoms with Gasteiger partial charge < -0.3 is 14.4 Å². The monoisotopic (exact) mass is 291 g/mol. The number of methoxy groups -OCH3 is 1. The Bertz CT molecular complexity index is 475. The molecular formula is C17H25NO3. The third kappa shape index (κ3) is 4.46. The highest BCUT2D eigenvalue weighted by atomic mass is 16.5. The van der Waals surface area contributed by atoms with Crippen LogP contribution in [0.1, 0.15) is 25.3 Å². The number of esters is 1. The lowest BCUT2D eigenvalue weighted by Crippen LogP contribution is -2.39. The third-order valence-corrected chi connectivity index (χ3v) is 4.17. The number of piperidine rings is 1. The third-order valence-electron chi connectivity index (χ3n) is 4.17. The van der Waals surface area contributed by atoms with Crippen molar-refractivity contribution in [3.8, 4) is 5.75 Å². The number of likely N-dealkylation sites (tertiary alicyclic amines) is 1. The number of benzene rings is 1. The minimum atomic E-state index is -0.240. The molecule has 116 valence electrons. The normalized spacial score (nSPS) is 20.8. The van der Waals surface area contributed by atoms with Crippen LogP contribution in [0.25, 0.3) is 0 Å². The molecule has 2 atom stereocenters. The Kier molecular flexibility index (Phi) is 5.62. The number of hydrogen-bond donors (Lipinski definition) is 0. The molecule has 4 nitrogen and oxygen atoms in total. The van der Waals surface area contributed by atoms with Crippen molar-refractivity contribution in [2.45, 2.75) is 32.3 Å². The van der Waals surface area contributed by atoms with E-state index in [0.29, 0.717) is 5.92 Å². The second-order valence-electron chi connectivity index (χ2n) is 5.85. The Balaban J connectivity index is 2.02. The molecule has 0 radical (unpaired) electrons. The van der Waals surface area contributed by atoms with Crippen LogP contribution in [0.4, 0.5) is 0 Å². The van der Waals surface area contributed by atoms with Crippen molar-refractivity contribution in [1.82, 2.24) is 4.90 Å². The van der Waals surface area contributed by atoms with Crippen LogP contribution in [0.2, 0.25) is 0 Å². The van der Waals surface area contributed by atoms with Gasteiger partial charge in [-0.25, -0.2) is 0 Å². The quantitative estimate of drug-likeness (QED) is 0.781. The average molecular weight is 291 g/mol. The molecule has 1 fully saturated rings. The highest BCUT2D eigenvalue weighted by Gasteiger charge is 2.24. The first-order valence-corrected chi connectivity index (χ1v) is 7.60. The van der Waals surface area contributed by atoms with Crippen molar-refractivity contribution in [1.29, 1.82) is 0 Å². The highest BCUT2D eigenvalue weighted by Crippen LogP contribution is 2.26. The van der Waals surface area contributed by atoms with Gasteiger partial charge in [0.1, 0.15) is 5.75 Å². The molecule has 1 aliphatic heterocycles. The minimum absolute atomic E-state index is 0.145. The number of para-hydroxylation sites is 1. The molecule has 1 heterocycles. The Morgan fingerprint density at radius 2 is 2.19 bits per heavy atom. The Labute approximate surface area is 127 Å². The first-order chi connectivity index (χ1) is 10.1. The number of carbonyl (C=O) groups is 1. The van der Waals surface area contributed by atoms with Crippen LogP contribution in [0.5, 0.6) is 5.75 Å². The predicted octanol–water partition coefficient (Wildman–Crippen LogP) is 2.51. The summed E-state index contributed by atoms with van der Waals surface area (Å²) < 4.78 is 10.9. The van der Waals surface area contributed by atoms with Crippen LogP contribution in [0.15, 0.2) is 24.3 Å². The van der Waals surface area contributed by atoms with Crippen molar-refractivity contribution < 1.29 is 14.3 Å². The summed E-state index contributed by atoms with van der Waals surface area (Å²) in [5.74, 6) is 1.09. The van der Waals surface area contributed by atoms with Gasteiger partial charge in [-0.1, -0.05) is 18.2 Å². The summed E-state index contributed by atoms with van der Waals surface area (Å²) >= 11 is 0. The fourth-order valence-electron chi connectivity index (χ4n) is 2.88. The topological polar surface area (TPSA) is 38.8 Å². The number of nitrogens with zero attached hydrogens (tertiary/aromatic N) is 1. The molecule has 0 aliphatic carbocycles. The van der Waals surface area contributed by atoms with Gasteiger partial charge in [0.25, 0.3) is 0 Å². The smallest absolute Gasteiger partial charge is 0.310 e. The van der Waals surface area contributed by atoms with Crippen molar-refractivity contribution in [2.24, 2.45) is 5.92 Å². The lowest BCUT2D eigenvalue weighted by Gasteiger charge is -2.33. The van der Waals surface area contributed by atoms with Crippen molar-refractivity contribution in [2.75, 3.05) is 27.2 Å². The Morgan fingerprint density at radius 3 is 2.90 bits per heavy atom. The van der Waals surface area contributed by atoms with Gasteiger partial charge in [-0.15, -0.1) is 0 Å². The van der Waals surface area contributed by atoms with E-state index in [1.165, 1.54) is 26.5 Å². The van der Waals surface area contributed by atoms with Gasteiger partial charge in [0.2, 0.25) is 0 Å². The van der Waals surface area contributed by atoms with Crippen LogP contribution in [-0.4, -0.2) is 44.2 Å². The van der Waals surface area contributed by atoms with Crippen LogP contribution in [0.3, 0.4) is 0 Å². The standard InChI is InChI=1S/C17H25NO3/c1-13(15-8-6-10-18(2)12-15)21-16-9-5-4-7-14(16)11-17(19)20-3/h4-5,7,9,13,15H,6,8,10-12H2,1-3H3. The molecule has 21 heavy (non-hydrogen) atoms. The largest absolute Gasteiger partial charge is 0.490 e. The fraction of sp³-hybridized carbons (Fsp3) is 0.588. The maximum Gasteiger partial charge on any atom is 0.310 e. The molecule has 4 heteroatoms. The fourth-order valence-corrected chi connectivity index (χ4v) is 2.88.